The van der Waals surface area contributed by atoms with E-state index in [2.05, 4.69) is 5.16 Å². The summed E-state index contributed by atoms with van der Waals surface area (Å²) in [6.45, 7) is 5.22. The third-order valence-electron chi connectivity index (χ3n) is 2.53. The van der Waals surface area contributed by atoms with Crippen LogP contribution in [0.3, 0.4) is 0 Å². The van der Waals surface area contributed by atoms with E-state index in [0.717, 1.165) is 17.0 Å². The number of rotatable bonds is 7. The Morgan fingerprint density at radius 2 is 2.24 bits per heavy atom. The minimum atomic E-state index is -0.854. The molecule has 96 valence electrons. The lowest BCUT2D eigenvalue weighted by Crippen LogP contribution is -2.32. The molecule has 0 radical (unpaired) electrons. The highest BCUT2D eigenvalue weighted by atomic mass is 16.5. The number of carboxylic acids is 1. The number of methoxy groups -OCH3 is 1. The lowest BCUT2D eigenvalue weighted by molar-refractivity contribution is -0.138. The first-order valence-electron chi connectivity index (χ1n) is 5.39. The highest BCUT2D eigenvalue weighted by molar-refractivity contribution is 5.69. The van der Waals surface area contributed by atoms with E-state index in [1.54, 1.807) is 12.0 Å². The van der Waals surface area contributed by atoms with E-state index in [-0.39, 0.29) is 6.54 Å². The summed E-state index contributed by atoms with van der Waals surface area (Å²) >= 11 is 0. The fourth-order valence-corrected chi connectivity index (χ4v) is 1.58. The Bertz CT molecular complexity index is 356. The zero-order valence-electron chi connectivity index (χ0n) is 10.4. The second kappa shape index (κ2) is 6.36. The van der Waals surface area contributed by atoms with Crippen LogP contribution in [0.2, 0.25) is 0 Å². The maximum atomic E-state index is 10.7. The molecule has 1 heterocycles. The van der Waals surface area contributed by atoms with Gasteiger partial charge >= 0.3 is 5.97 Å². The monoisotopic (exact) mass is 242 g/mol. The summed E-state index contributed by atoms with van der Waals surface area (Å²) in [6.07, 6.45) is 0. The summed E-state index contributed by atoms with van der Waals surface area (Å²) in [6, 6.07) is 0. The van der Waals surface area contributed by atoms with Crippen molar-refractivity contribution in [3.63, 3.8) is 0 Å². The van der Waals surface area contributed by atoms with Crippen LogP contribution in [0.4, 0.5) is 0 Å². The lowest BCUT2D eigenvalue weighted by Gasteiger charge is -2.19. The average molecular weight is 242 g/mol. The van der Waals surface area contributed by atoms with Crippen LogP contribution >= 0.6 is 0 Å². The molecule has 6 heteroatoms. The van der Waals surface area contributed by atoms with Gasteiger partial charge in [0, 0.05) is 25.8 Å². The minimum Gasteiger partial charge on any atom is -0.480 e. The van der Waals surface area contributed by atoms with Gasteiger partial charge in [0.2, 0.25) is 0 Å². The SMILES string of the molecule is COCCN(CC(=O)O)Cc1c(C)noc1C. The first-order chi connectivity index (χ1) is 8.04. The Labute approximate surface area is 100 Å². The molecule has 1 aromatic rings. The fraction of sp³-hybridized carbons (Fsp3) is 0.636. The molecule has 0 aliphatic heterocycles. The van der Waals surface area contributed by atoms with E-state index in [9.17, 15) is 4.79 Å². The van der Waals surface area contributed by atoms with Crippen molar-refractivity contribution in [1.29, 1.82) is 0 Å². The van der Waals surface area contributed by atoms with Gasteiger partial charge in [0.05, 0.1) is 18.8 Å². The second-order valence-corrected chi connectivity index (χ2v) is 3.90. The number of carbonyl (C=O) groups is 1. The van der Waals surface area contributed by atoms with Gasteiger partial charge < -0.3 is 14.4 Å². The number of hydrogen-bond donors (Lipinski definition) is 1. The van der Waals surface area contributed by atoms with Crippen LogP contribution in [0.5, 0.6) is 0 Å². The number of aromatic nitrogens is 1. The lowest BCUT2D eigenvalue weighted by atomic mass is 10.2. The van der Waals surface area contributed by atoms with Gasteiger partial charge in [-0.2, -0.15) is 0 Å². The third kappa shape index (κ3) is 4.16. The van der Waals surface area contributed by atoms with Gasteiger partial charge in [-0.05, 0) is 13.8 Å². The highest BCUT2D eigenvalue weighted by Crippen LogP contribution is 2.14. The molecule has 0 spiro atoms. The molecule has 0 saturated heterocycles. The average Bonchev–Trinajstić information content (AvgIpc) is 2.56. The molecule has 0 aliphatic rings. The standard InChI is InChI=1S/C11H18N2O4/c1-8-10(9(2)17-12-8)6-13(4-5-16-3)7-11(14)15/h4-7H2,1-3H3,(H,14,15). The van der Waals surface area contributed by atoms with Crippen molar-refractivity contribution in [1.82, 2.24) is 10.1 Å². The van der Waals surface area contributed by atoms with Gasteiger partial charge in [-0.3, -0.25) is 9.69 Å². The molecule has 1 rings (SSSR count). The van der Waals surface area contributed by atoms with Crippen LogP contribution in [0.1, 0.15) is 17.0 Å². The molecule has 0 atom stereocenters. The smallest absolute Gasteiger partial charge is 0.317 e. The van der Waals surface area contributed by atoms with Crippen molar-refractivity contribution in [3.05, 3.63) is 17.0 Å². The van der Waals surface area contributed by atoms with Crippen molar-refractivity contribution in [2.24, 2.45) is 0 Å². The van der Waals surface area contributed by atoms with Crippen molar-refractivity contribution < 1.29 is 19.2 Å². The van der Waals surface area contributed by atoms with Crippen molar-refractivity contribution in [3.8, 4) is 0 Å². The quantitative estimate of drug-likeness (QED) is 0.763. The van der Waals surface area contributed by atoms with Gasteiger partial charge in [0.1, 0.15) is 5.76 Å². The zero-order chi connectivity index (χ0) is 12.8. The molecule has 0 amide bonds. The van der Waals surface area contributed by atoms with Crippen LogP contribution in [-0.2, 0) is 16.1 Å². The number of carboxylic acid groups (broad SMARTS) is 1. The van der Waals surface area contributed by atoms with E-state index in [4.69, 9.17) is 14.4 Å². The van der Waals surface area contributed by atoms with Crippen LogP contribution < -0.4 is 0 Å². The Balaban J connectivity index is 2.67. The molecule has 6 nitrogen and oxygen atoms in total. The van der Waals surface area contributed by atoms with E-state index in [0.29, 0.717) is 19.7 Å². The zero-order valence-corrected chi connectivity index (χ0v) is 10.4. The Kier molecular flexibility index (Phi) is 5.11. The summed E-state index contributed by atoms with van der Waals surface area (Å²) in [5.74, 6) is -0.122. The van der Waals surface area contributed by atoms with Gasteiger partial charge in [-0.1, -0.05) is 5.16 Å². The maximum absolute atomic E-state index is 10.7. The molecule has 0 saturated carbocycles. The molecule has 17 heavy (non-hydrogen) atoms. The van der Waals surface area contributed by atoms with E-state index >= 15 is 0 Å². The summed E-state index contributed by atoms with van der Waals surface area (Å²) in [5, 5.41) is 12.7. The first kappa shape index (κ1) is 13.7. The molecule has 0 bridgehead atoms. The summed E-state index contributed by atoms with van der Waals surface area (Å²) in [5.41, 5.74) is 1.75. The Hall–Kier alpha value is -1.40. The topological polar surface area (TPSA) is 75.8 Å². The van der Waals surface area contributed by atoms with E-state index in [1.807, 2.05) is 13.8 Å². The fourth-order valence-electron chi connectivity index (χ4n) is 1.58. The normalized spacial score (nSPS) is 11.1. The van der Waals surface area contributed by atoms with Crippen molar-refractivity contribution >= 4 is 5.97 Å². The first-order valence-corrected chi connectivity index (χ1v) is 5.39. The molecule has 0 aliphatic carbocycles. The molecule has 1 N–H and O–H groups in total. The van der Waals surface area contributed by atoms with Crippen LogP contribution in [0.15, 0.2) is 4.52 Å². The highest BCUT2D eigenvalue weighted by Gasteiger charge is 2.15. The number of ether oxygens (including phenoxy) is 1. The van der Waals surface area contributed by atoms with Gasteiger partial charge in [0.15, 0.2) is 0 Å². The maximum Gasteiger partial charge on any atom is 0.317 e. The minimum absolute atomic E-state index is 0.0204. The van der Waals surface area contributed by atoms with Gasteiger partial charge in [0.25, 0.3) is 0 Å². The summed E-state index contributed by atoms with van der Waals surface area (Å²) in [4.78, 5) is 12.5. The summed E-state index contributed by atoms with van der Waals surface area (Å²) < 4.78 is 10.0. The van der Waals surface area contributed by atoms with Gasteiger partial charge in [-0.25, -0.2) is 0 Å². The molecular weight excluding hydrogens is 224 g/mol. The van der Waals surface area contributed by atoms with Gasteiger partial charge in [-0.15, -0.1) is 0 Å². The molecular formula is C11H18N2O4. The predicted molar refractivity (Wildman–Crippen MR) is 60.8 cm³/mol. The number of nitrogens with zero attached hydrogens (tertiary/aromatic N) is 2. The number of hydrogen-bond acceptors (Lipinski definition) is 5. The van der Waals surface area contributed by atoms with Crippen molar-refractivity contribution in [2.75, 3.05) is 26.8 Å². The predicted octanol–water partition coefficient (Wildman–Crippen LogP) is 0.824. The molecule has 0 fully saturated rings. The third-order valence-corrected chi connectivity index (χ3v) is 2.53. The molecule has 0 aromatic carbocycles. The van der Waals surface area contributed by atoms with Crippen LogP contribution in [-0.4, -0.2) is 47.9 Å². The number of aliphatic carboxylic acids is 1. The molecule has 1 aromatic heterocycles. The van der Waals surface area contributed by atoms with E-state index < -0.39 is 5.97 Å². The van der Waals surface area contributed by atoms with Crippen LogP contribution in [0.25, 0.3) is 0 Å². The largest absolute Gasteiger partial charge is 0.480 e. The van der Waals surface area contributed by atoms with Crippen molar-refractivity contribution in [2.45, 2.75) is 20.4 Å². The summed E-state index contributed by atoms with van der Waals surface area (Å²) in [7, 11) is 1.59. The number of aryl methyl sites for hydroxylation is 2. The van der Waals surface area contributed by atoms with E-state index in [1.165, 1.54) is 0 Å². The Morgan fingerprint density at radius 1 is 1.53 bits per heavy atom. The van der Waals surface area contributed by atoms with Crippen LogP contribution in [0, 0.1) is 13.8 Å². The second-order valence-electron chi connectivity index (χ2n) is 3.90. The Morgan fingerprint density at radius 3 is 2.71 bits per heavy atom. The molecule has 0 unspecified atom stereocenters.